The first-order chi connectivity index (χ1) is 13.0. The van der Waals surface area contributed by atoms with Gasteiger partial charge >= 0.3 is 5.97 Å². The highest BCUT2D eigenvalue weighted by Gasteiger charge is 2.33. The molecule has 0 fully saturated rings. The van der Waals surface area contributed by atoms with Gasteiger partial charge in [-0.3, -0.25) is 4.79 Å². The van der Waals surface area contributed by atoms with Crippen LogP contribution in [0.25, 0.3) is 22.3 Å². The molecule has 5 rings (SSSR count). The molecule has 2 aliphatic rings. The lowest BCUT2D eigenvalue weighted by atomic mass is 10.0. The van der Waals surface area contributed by atoms with Gasteiger partial charge in [0.25, 0.3) is 5.56 Å². The van der Waals surface area contributed by atoms with Crippen LogP contribution >= 0.6 is 15.9 Å². The van der Waals surface area contributed by atoms with Crippen LogP contribution in [0.15, 0.2) is 39.6 Å². The smallest absolute Gasteiger partial charge is 0.340 e. The van der Waals surface area contributed by atoms with Gasteiger partial charge in [0.1, 0.15) is 6.61 Å². The predicted octanol–water partition coefficient (Wildman–Crippen LogP) is 3.30. The summed E-state index contributed by atoms with van der Waals surface area (Å²) in [4.78, 5) is 29.1. The van der Waals surface area contributed by atoms with Gasteiger partial charge in [-0.25, -0.2) is 9.78 Å². The molecule has 0 saturated carbocycles. The highest BCUT2D eigenvalue weighted by Crippen LogP contribution is 2.35. The van der Waals surface area contributed by atoms with Crippen molar-refractivity contribution in [3.63, 3.8) is 0 Å². The summed E-state index contributed by atoms with van der Waals surface area (Å²) in [6.07, 6.45) is -1.43. The number of carbonyl (C=O) groups excluding carboxylic acids is 1. The van der Waals surface area contributed by atoms with E-state index in [1.165, 1.54) is 0 Å². The van der Waals surface area contributed by atoms with Crippen molar-refractivity contribution in [1.82, 2.24) is 9.55 Å². The SMILES string of the molecule is CC.O=C1OCc2c(cc3n(c2=O)Cc2cc4cc(Br)ccc4nc2-3)C1O. The molecule has 2 aliphatic heterocycles. The van der Waals surface area contributed by atoms with Gasteiger partial charge in [0.15, 0.2) is 6.10 Å². The Morgan fingerprint density at radius 2 is 2.00 bits per heavy atom. The van der Waals surface area contributed by atoms with Gasteiger partial charge in [0.2, 0.25) is 0 Å². The predicted molar refractivity (Wildman–Crippen MR) is 104 cm³/mol. The second kappa shape index (κ2) is 6.58. The number of ether oxygens (including phenoxy) is 1. The molecule has 1 N–H and O–H groups in total. The van der Waals surface area contributed by atoms with E-state index in [1.54, 1.807) is 10.6 Å². The van der Waals surface area contributed by atoms with Crippen LogP contribution < -0.4 is 5.56 Å². The van der Waals surface area contributed by atoms with E-state index >= 15 is 0 Å². The molecule has 0 aliphatic carbocycles. The average molecular weight is 429 g/mol. The Hall–Kier alpha value is -2.51. The number of benzene rings is 1. The molecule has 1 unspecified atom stereocenters. The van der Waals surface area contributed by atoms with Crippen molar-refractivity contribution in [1.29, 1.82) is 0 Å². The molecular formula is C20H17BrN2O4. The molecule has 1 aromatic carbocycles. The Kier molecular flexibility index (Phi) is 4.36. The molecule has 0 saturated heterocycles. The second-order valence-corrected chi connectivity index (χ2v) is 7.11. The van der Waals surface area contributed by atoms with Gasteiger partial charge in [-0.15, -0.1) is 0 Å². The Labute approximate surface area is 163 Å². The first kappa shape index (κ1) is 17.9. The highest BCUT2D eigenvalue weighted by molar-refractivity contribution is 9.10. The molecule has 4 heterocycles. The van der Waals surface area contributed by atoms with E-state index < -0.39 is 12.1 Å². The standard InChI is InChI=1S/C18H11BrN2O4.C2H6/c19-10-1-2-13-8(4-10)3-9-6-21-14(15(9)20-13)5-11-12(17(21)23)7-25-18(24)16(11)22;1-2/h1-5,16,22H,6-7H2;1-2H3. The number of halogens is 1. The molecule has 138 valence electrons. The zero-order valence-corrected chi connectivity index (χ0v) is 16.4. The lowest BCUT2D eigenvalue weighted by molar-refractivity contribution is -0.157. The minimum Gasteiger partial charge on any atom is -0.458 e. The lowest BCUT2D eigenvalue weighted by Crippen LogP contribution is -2.32. The van der Waals surface area contributed by atoms with Gasteiger partial charge in [-0.2, -0.15) is 0 Å². The minimum atomic E-state index is -1.43. The fraction of sp³-hybridized carbons (Fsp3) is 0.250. The highest BCUT2D eigenvalue weighted by atomic mass is 79.9. The van der Waals surface area contributed by atoms with Crippen molar-refractivity contribution in [2.24, 2.45) is 0 Å². The third-order valence-corrected chi connectivity index (χ3v) is 5.23. The molecule has 2 aromatic heterocycles. The normalized spacial score (nSPS) is 16.7. The van der Waals surface area contributed by atoms with E-state index in [4.69, 9.17) is 9.72 Å². The summed E-state index contributed by atoms with van der Waals surface area (Å²) in [7, 11) is 0. The molecule has 7 heteroatoms. The van der Waals surface area contributed by atoms with E-state index in [2.05, 4.69) is 15.9 Å². The first-order valence-electron chi connectivity index (χ1n) is 8.74. The van der Waals surface area contributed by atoms with Gasteiger partial charge in [-0.05, 0) is 30.3 Å². The Balaban J connectivity index is 0.000000872. The largest absolute Gasteiger partial charge is 0.458 e. The summed E-state index contributed by atoms with van der Waals surface area (Å²) in [5.41, 5.74) is 3.49. The van der Waals surface area contributed by atoms with E-state index in [1.807, 2.05) is 38.1 Å². The molecule has 0 radical (unpaired) electrons. The summed E-state index contributed by atoms with van der Waals surface area (Å²) >= 11 is 3.45. The van der Waals surface area contributed by atoms with Crippen molar-refractivity contribution < 1.29 is 14.6 Å². The maximum Gasteiger partial charge on any atom is 0.340 e. The second-order valence-electron chi connectivity index (χ2n) is 6.20. The summed E-state index contributed by atoms with van der Waals surface area (Å²) in [6.45, 7) is 4.30. The van der Waals surface area contributed by atoms with Crippen molar-refractivity contribution in [2.45, 2.75) is 33.1 Å². The Bertz CT molecular complexity index is 1150. The van der Waals surface area contributed by atoms with Crippen molar-refractivity contribution >= 4 is 32.8 Å². The Morgan fingerprint density at radius 1 is 1.22 bits per heavy atom. The third-order valence-electron chi connectivity index (χ3n) is 4.74. The number of rotatable bonds is 0. The maximum atomic E-state index is 12.8. The number of aliphatic hydroxyl groups is 1. The lowest BCUT2D eigenvalue weighted by Gasteiger charge is -2.21. The van der Waals surface area contributed by atoms with E-state index in [0.29, 0.717) is 29.1 Å². The fourth-order valence-electron chi connectivity index (χ4n) is 3.50. The number of hydrogen-bond donors (Lipinski definition) is 1. The van der Waals surface area contributed by atoms with Crippen LogP contribution in [0.1, 0.15) is 36.6 Å². The molecule has 0 bridgehead atoms. The van der Waals surface area contributed by atoms with Crippen LogP contribution in [0.3, 0.4) is 0 Å². The maximum absolute atomic E-state index is 12.8. The van der Waals surface area contributed by atoms with Crippen LogP contribution in [0.4, 0.5) is 0 Å². The number of fused-ring (bicyclic) bond motifs is 5. The summed E-state index contributed by atoms with van der Waals surface area (Å²) < 4.78 is 7.47. The molecule has 6 nitrogen and oxygen atoms in total. The number of carbonyl (C=O) groups is 1. The van der Waals surface area contributed by atoms with Crippen molar-refractivity contribution in [3.8, 4) is 11.4 Å². The molecule has 3 aromatic rings. The van der Waals surface area contributed by atoms with Gasteiger partial charge in [0.05, 0.1) is 29.0 Å². The summed E-state index contributed by atoms with van der Waals surface area (Å²) in [5.74, 6) is -0.730. The summed E-state index contributed by atoms with van der Waals surface area (Å²) in [6, 6.07) is 9.51. The zero-order chi connectivity index (χ0) is 19.3. The van der Waals surface area contributed by atoms with Crippen LogP contribution in [0, 0.1) is 0 Å². The number of hydrogen-bond acceptors (Lipinski definition) is 5. The minimum absolute atomic E-state index is 0.108. The molecule has 1 atom stereocenters. The number of aromatic nitrogens is 2. The van der Waals surface area contributed by atoms with Crippen molar-refractivity contribution in [2.75, 3.05) is 0 Å². The summed E-state index contributed by atoms with van der Waals surface area (Å²) in [5, 5.41) is 11.1. The van der Waals surface area contributed by atoms with Crippen LogP contribution in [-0.4, -0.2) is 20.6 Å². The number of pyridine rings is 2. The van der Waals surface area contributed by atoms with Gasteiger partial charge in [0, 0.05) is 21.0 Å². The van der Waals surface area contributed by atoms with E-state index in [-0.39, 0.29) is 12.2 Å². The van der Waals surface area contributed by atoms with E-state index in [9.17, 15) is 14.7 Å². The van der Waals surface area contributed by atoms with Gasteiger partial charge in [-0.1, -0.05) is 29.8 Å². The molecule has 0 amide bonds. The number of esters is 1. The van der Waals surface area contributed by atoms with Crippen LogP contribution in [0.5, 0.6) is 0 Å². The zero-order valence-electron chi connectivity index (χ0n) is 14.8. The van der Waals surface area contributed by atoms with Crippen LogP contribution in [-0.2, 0) is 22.7 Å². The monoisotopic (exact) mass is 428 g/mol. The number of cyclic esters (lactones) is 1. The topological polar surface area (TPSA) is 81.4 Å². The molecule has 0 spiro atoms. The fourth-order valence-corrected chi connectivity index (χ4v) is 3.88. The molecule has 27 heavy (non-hydrogen) atoms. The van der Waals surface area contributed by atoms with E-state index in [0.717, 1.165) is 20.9 Å². The Morgan fingerprint density at radius 3 is 2.78 bits per heavy atom. The quantitative estimate of drug-likeness (QED) is 0.434. The number of aliphatic hydroxyl groups excluding tert-OH is 1. The average Bonchev–Trinajstić information content (AvgIpc) is 3.03. The van der Waals surface area contributed by atoms with Crippen LogP contribution in [0.2, 0.25) is 0 Å². The van der Waals surface area contributed by atoms with Gasteiger partial charge < -0.3 is 14.4 Å². The first-order valence-corrected chi connectivity index (χ1v) is 9.53. The molecular weight excluding hydrogens is 412 g/mol. The third kappa shape index (κ3) is 2.69. The number of nitrogens with zero attached hydrogens (tertiary/aromatic N) is 2. The van der Waals surface area contributed by atoms with Crippen molar-refractivity contribution in [3.05, 3.63) is 61.8 Å².